The zero-order valence-electron chi connectivity index (χ0n) is 13.2. The van der Waals surface area contributed by atoms with Crippen LogP contribution in [-0.2, 0) is 0 Å². The van der Waals surface area contributed by atoms with Gasteiger partial charge >= 0.3 is 11.9 Å². The van der Waals surface area contributed by atoms with Gasteiger partial charge in [-0.25, -0.2) is 27.2 Å². The van der Waals surface area contributed by atoms with Crippen molar-refractivity contribution < 1.29 is 42.5 Å². The van der Waals surface area contributed by atoms with Gasteiger partial charge < -0.3 is 15.3 Å². The van der Waals surface area contributed by atoms with Gasteiger partial charge in [0.1, 0.15) is 17.5 Å². The molecule has 0 aliphatic carbocycles. The van der Waals surface area contributed by atoms with Gasteiger partial charge in [0.2, 0.25) is 0 Å². The molecule has 0 spiro atoms. The Morgan fingerprint density at radius 3 is 1.62 bits per heavy atom. The minimum atomic E-state index is -1.55. The Hall–Kier alpha value is -2.62. The van der Waals surface area contributed by atoms with Crippen molar-refractivity contribution in [2.75, 3.05) is 0 Å². The minimum absolute atomic E-state index is 0.0520. The standard InChI is InChI=1S/C8H5BrF2O2.C8H6F2O3/c1-3-6(10)4(8(12)13)2-5(9)7(3)11;1-3-6(9)4(8(12)13)2-5(11)7(3)10/h2H,1H3,(H,12,13);2,11H,1H3,(H,12,13). The summed E-state index contributed by atoms with van der Waals surface area (Å²) in [6.45, 7) is 2.23. The number of aromatic hydroxyl groups is 1. The van der Waals surface area contributed by atoms with E-state index in [9.17, 15) is 27.2 Å². The van der Waals surface area contributed by atoms with Crippen LogP contribution < -0.4 is 0 Å². The van der Waals surface area contributed by atoms with Crippen molar-refractivity contribution in [2.24, 2.45) is 0 Å². The Morgan fingerprint density at radius 1 is 0.808 bits per heavy atom. The fourth-order valence-electron chi connectivity index (χ4n) is 1.80. The van der Waals surface area contributed by atoms with Crippen LogP contribution in [0.5, 0.6) is 5.75 Å². The van der Waals surface area contributed by atoms with E-state index in [2.05, 4.69) is 15.9 Å². The first-order valence-corrected chi connectivity index (χ1v) is 7.47. The van der Waals surface area contributed by atoms with Crippen LogP contribution in [0, 0.1) is 37.1 Å². The molecule has 0 aromatic heterocycles. The number of carboxylic acids is 2. The van der Waals surface area contributed by atoms with Crippen molar-refractivity contribution in [2.45, 2.75) is 13.8 Å². The van der Waals surface area contributed by atoms with Crippen molar-refractivity contribution in [3.8, 4) is 5.75 Å². The smallest absolute Gasteiger partial charge is 0.338 e. The van der Waals surface area contributed by atoms with Crippen LogP contribution in [-0.4, -0.2) is 27.3 Å². The Balaban J connectivity index is 0.000000260. The molecule has 3 N–H and O–H groups in total. The number of phenols is 1. The lowest BCUT2D eigenvalue weighted by molar-refractivity contribution is 0.0680. The fourth-order valence-corrected chi connectivity index (χ4v) is 2.32. The van der Waals surface area contributed by atoms with Crippen LogP contribution >= 0.6 is 15.9 Å². The van der Waals surface area contributed by atoms with Gasteiger partial charge in [-0.15, -0.1) is 0 Å². The normalized spacial score (nSPS) is 10.1. The summed E-state index contributed by atoms with van der Waals surface area (Å²) >= 11 is 2.79. The molecule has 0 unspecified atom stereocenters. The molecule has 2 aromatic rings. The minimum Gasteiger partial charge on any atom is -0.505 e. The molecule has 0 amide bonds. The topological polar surface area (TPSA) is 94.8 Å². The summed E-state index contributed by atoms with van der Waals surface area (Å²) in [5.74, 6) is -7.94. The van der Waals surface area contributed by atoms with Gasteiger partial charge in [0.25, 0.3) is 0 Å². The summed E-state index contributed by atoms with van der Waals surface area (Å²) < 4.78 is 51.7. The molecule has 2 rings (SSSR count). The average Bonchev–Trinajstić information content (AvgIpc) is 2.57. The molecular weight excluding hydrogens is 428 g/mol. The number of rotatable bonds is 2. The summed E-state index contributed by atoms with van der Waals surface area (Å²) in [7, 11) is 0. The number of carboxylic acid groups (broad SMARTS) is 2. The summed E-state index contributed by atoms with van der Waals surface area (Å²) in [4.78, 5) is 20.8. The molecule has 26 heavy (non-hydrogen) atoms. The molecule has 5 nitrogen and oxygen atoms in total. The van der Waals surface area contributed by atoms with Gasteiger partial charge in [-0.1, -0.05) is 0 Å². The maximum Gasteiger partial charge on any atom is 0.338 e. The maximum absolute atomic E-state index is 13.1. The zero-order valence-corrected chi connectivity index (χ0v) is 14.8. The van der Waals surface area contributed by atoms with E-state index in [1.807, 2.05) is 0 Å². The highest BCUT2D eigenvalue weighted by Gasteiger charge is 2.19. The lowest BCUT2D eigenvalue weighted by Gasteiger charge is -2.04. The van der Waals surface area contributed by atoms with Crippen molar-refractivity contribution in [1.82, 2.24) is 0 Å². The number of aromatic carboxylic acids is 2. The first-order chi connectivity index (χ1) is 11.9. The van der Waals surface area contributed by atoms with Gasteiger partial charge in [-0.3, -0.25) is 0 Å². The van der Waals surface area contributed by atoms with Crippen LogP contribution in [0.3, 0.4) is 0 Å². The van der Waals surface area contributed by atoms with Gasteiger partial charge in [0.15, 0.2) is 11.6 Å². The summed E-state index contributed by atoms with van der Waals surface area (Å²) in [6.07, 6.45) is 0. The van der Waals surface area contributed by atoms with E-state index in [1.54, 1.807) is 0 Å². The van der Waals surface area contributed by atoms with E-state index in [0.717, 1.165) is 13.0 Å². The van der Waals surface area contributed by atoms with Crippen molar-refractivity contribution >= 4 is 27.9 Å². The average molecular weight is 439 g/mol. The second kappa shape index (κ2) is 8.17. The predicted octanol–water partition coefficient (Wildman–Crippen LogP) is 4.41. The van der Waals surface area contributed by atoms with E-state index in [-0.39, 0.29) is 10.0 Å². The van der Waals surface area contributed by atoms with E-state index >= 15 is 0 Å². The third-order valence-electron chi connectivity index (χ3n) is 3.24. The molecule has 0 bridgehead atoms. The lowest BCUT2D eigenvalue weighted by Crippen LogP contribution is -2.04. The van der Waals surface area contributed by atoms with Gasteiger partial charge in [0.05, 0.1) is 15.6 Å². The van der Waals surface area contributed by atoms with Crippen LogP contribution in [0.25, 0.3) is 0 Å². The molecule has 140 valence electrons. The van der Waals surface area contributed by atoms with Crippen LogP contribution in [0.15, 0.2) is 16.6 Å². The van der Waals surface area contributed by atoms with Crippen LogP contribution in [0.2, 0.25) is 0 Å². The fraction of sp³-hybridized carbons (Fsp3) is 0.125. The van der Waals surface area contributed by atoms with E-state index in [4.69, 9.17) is 15.3 Å². The quantitative estimate of drug-likeness (QED) is 0.476. The molecule has 10 heteroatoms. The number of hydrogen-bond donors (Lipinski definition) is 3. The third-order valence-corrected chi connectivity index (χ3v) is 3.81. The molecule has 0 aliphatic heterocycles. The molecular formula is C16H11BrF4O5. The number of hydrogen-bond acceptors (Lipinski definition) is 3. The number of halogens is 5. The number of phenolic OH excluding ortho intramolecular Hbond substituents is 1. The molecule has 0 radical (unpaired) electrons. The van der Waals surface area contributed by atoms with E-state index in [0.29, 0.717) is 6.07 Å². The molecule has 2 aromatic carbocycles. The largest absolute Gasteiger partial charge is 0.505 e. The Morgan fingerprint density at radius 2 is 1.19 bits per heavy atom. The SMILES string of the molecule is Cc1c(F)c(Br)cc(C(=O)O)c1F.Cc1c(F)c(O)cc(C(=O)O)c1F. The lowest BCUT2D eigenvalue weighted by atomic mass is 10.1. The number of benzene rings is 2. The van der Waals surface area contributed by atoms with E-state index < -0.39 is 57.6 Å². The second-order valence-corrected chi connectivity index (χ2v) is 5.82. The summed E-state index contributed by atoms with van der Waals surface area (Å²) in [5, 5.41) is 25.8. The summed E-state index contributed by atoms with van der Waals surface area (Å²) in [5.41, 5.74) is -2.08. The number of carbonyl (C=O) groups is 2. The monoisotopic (exact) mass is 438 g/mol. The Bertz CT molecular complexity index is 826. The van der Waals surface area contributed by atoms with Crippen molar-refractivity contribution in [1.29, 1.82) is 0 Å². The molecule has 0 fully saturated rings. The van der Waals surface area contributed by atoms with Crippen LogP contribution in [0.1, 0.15) is 31.8 Å². The molecule has 0 saturated heterocycles. The first-order valence-electron chi connectivity index (χ1n) is 6.68. The van der Waals surface area contributed by atoms with Crippen LogP contribution in [0.4, 0.5) is 17.6 Å². The third kappa shape index (κ3) is 4.31. The molecule has 0 aliphatic rings. The molecule has 0 heterocycles. The highest BCUT2D eigenvalue weighted by atomic mass is 79.9. The predicted molar refractivity (Wildman–Crippen MR) is 85.5 cm³/mol. The maximum atomic E-state index is 13.1. The molecule has 0 atom stereocenters. The van der Waals surface area contributed by atoms with Gasteiger partial charge in [0, 0.05) is 17.2 Å². The Kier molecular flexibility index (Phi) is 6.73. The highest BCUT2D eigenvalue weighted by molar-refractivity contribution is 9.10. The zero-order chi connectivity index (χ0) is 20.3. The first kappa shape index (κ1) is 21.4. The molecule has 0 saturated carbocycles. The van der Waals surface area contributed by atoms with Gasteiger partial charge in [-0.2, -0.15) is 0 Å². The van der Waals surface area contributed by atoms with Gasteiger partial charge in [-0.05, 0) is 35.8 Å². The van der Waals surface area contributed by atoms with Crippen molar-refractivity contribution in [3.05, 3.63) is 62.1 Å². The Labute approximate surface area is 152 Å². The highest BCUT2D eigenvalue weighted by Crippen LogP contribution is 2.25. The van der Waals surface area contributed by atoms with Crippen molar-refractivity contribution in [3.63, 3.8) is 0 Å². The summed E-state index contributed by atoms with van der Waals surface area (Å²) in [6, 6.07) is 1.44. The second-order valence-electron chi connectivity index (χ2n) is 4.97. The van der Waals surface area contributed by atoms with E-state index in [1.165, 1.54) is 6.92 Å².